The molecule has 0 radical (unpaired) electrons. The highest BCUT2D eigenvalue weighted by Crippen LogP contribution is 2.10. The molecule has 0 aliphatic carbocycles. The summed E-state index contributed by atoms with van der Waals surface area (Å²) in [6, 6.07) is 5.40. The molecule has 5 heteroatoms. The molecule has 0 aliphatic rings. The Kier molecular flexibility index (Phi) is 2.82. The van der Waals surface area contributed by atoms with E-state index in [9.17, 15) is 4.21 Å². The van der Waals surface area contributed by atoms with Crippen molar-refractivity contribution in [2.45, 2.75) is 17.0 Å². The summed E-state index contributed by atoms with van der Waals surface area (Å²) in [5.74, 6) is 0. The van der Waals surface area contributed by atoms with Crippen LogP contribution < -0.4 is 0 Å². The van der Waals surface area contributed by atoms with Crippen LogP contribution in [0.1, 0.15) is 5.69 Å². The smallest absolute Gasteiger partial charge is 0.152 e. The van der Waals surface area contributed by atoms with Crippen molar-refractivity contribution in [3.05, 3.63) is 42.5 Å². The number of nitrogens with zero attached hydrogens (tertiary/aromatic N) is 3. The molecule has 0 aliphatic heterocycles. The van der Waals surface area contributed by atoms with Gasteiger partial charge in [-0.2, -0.15) is 0 Å². The van der Waals surface area contributed by atoms with Crippen molar-refractivity contribution >= 4 is 10.8 Å². The summed E-state index contributed by atoms with van der Waals surface area (Å²) in [4.78, 5) is 12.0. The molecule has 0 fully saturated rings. The maximum absolute atomic E-state index is 11.9. The Morgan fingerprint density at radius 2 is 2.07 bits per heavy atom. The van der Waals surface area contributed by atoms with Gasteiger partial charge in [-0.15, -0.1) is 0 Å². The quantitative estimate of drug-likeness (QED) is 0.765. The van der Waals surface area contributed by atoms with Gasteiger partial charge in [0.2, 0.25) is 0 Å². The number of pyridine rings is 1. The molecule has 0 saturated heterocycles. The van der Waals surface area contributed by atoms with Gasteiger partial charge < -0.3 is 0 Å². The van der Waals surface area contributed by atoms with Crippen LogP contribution in [0, 0.1) is 6.92 Å². The predicted octanol–water partition coefficient (Wildman–Crippen LogP) is 1.35. The second-order valence-electron chi connectivity index (χ2n) is 2.93. The Bertz CT molecular complexity index is 487. The maximum atomic E-state index is 11.9. The number of aryl methyl sites for hydroxylation is 1. The largest absolute Gasteiger partial charge is 0.260 e. The second kappa shape index (κ2) is 4.27. The summed E-state index contributed by atoms with van der Waals surface area (Å²) in [7, 11) is -1.34. The number of rotatable bonds is 2. The van der Waals surface area contributed by atoms with Crippen LogP contribution in [0.2, 0.25) is 0 Å². The SMILES string of the molecule is Cc1cccc(S(=O)c2cnccn2)n1. The van der Waals surface area contributed by atoms with Gasteiger partial charge in [0.25, 0.3) is 0 Å². The van der Waals surface area contributed by atoms with E-state index < -0.39 is 10.8 Å². The molecule has 0 spiro atoms. The first-order valence-electron chi connectivity index (χ1n) is 4.39. The predicted molar refractivity (Wildman–Crippen MR) is 55.7 cm³/mol. The first-order chi connectivity index (χ1) is 7.27. The summed E-state index contributed by atoms with van der Waals surface area (Å²) in [5, 5.41) is 0.936. The molecule has 4 nitrogen and oxygen atoms in total. The van der Waals surface area contributed by atoms with Crippen LogP contribution in [0.5, 0.6) is 0 Å². The second-order valence-corrected chi connectivity index (χ2v) is 4.30. The van der Waals surface area contributed by atoms with Gasteiger partial charge in [-0.1, -0.05) is 6.07 Å². The molecule has 2 heterocycles. The van der Waals surface area contributed by atoms with Crippen molar-refractivity contribution in [3.63, 3.8) is 0 Å². The Hall–Kier alpha value is -1.62. The summed E-state index contributed by atoms with van der Waals surface area (Å²) in [6.07, 6.45) is 4.55. The van der Waals surface area contributed by atoms with E-state index in [4.69, 9.17) is 0 Å². The Morgan fingerprint density at radius 3 is 2.73 bits per heavy atom. The maximum Gasteiger partial charge on any atom is 0.152 e. The highest BCUT2D eigenvalue weighted by Gasteiger charge is 2.09. The van der Waals surface area contributed by atoms with E-state index in [2.05, 4.69) is 15.0 Å². The Morgan fingerprint density at radius 1 is 1.20 bits per heavy atom. The van der Waals surface area contributed by atoms with E-state index in [1.807, 2.05) is 19.1 Å². The average Bonchev–Trinajstić information content (AvgIpc) is 2.29. The number of hydrogen-bond donors (Lipinski definition) is 0. The molecular weight excluding hydrogens is 210 g/mol. The molecule has 1 atom stereocenters. The monoisotopic (exact) mass is 219 g/mol. The molecule has 0 amide bonds. The van der Waals surface area contributed by atoms with Crippen LogP contribution in [0.25, 0.3) is 0 Å². The van der Waals surface area contributed by atoms with Gasteiger partial charge in [0, 0.05) is 18.1 Å². The summed E-state index contributed by atoms with van der Waals surface area (Å²) in [6.45, 7) is 1.86. The highest BCUT2D eigenvalue weighted by molar-refractivity contribution is 7.84. The van der Waals surface area contributed by atoms with Crippen molar-refractivity contribution in [1.82, 2.24) is 15.0 Å². The lowest BCUT2D eigenvalue weighted by atomic mass is 10.4. The normalized spacial score (nSPS) is 12.3. The molecular formula is C10H9N3OS. The van der Waals surface area contributed by atoms with Gasteiger partial charge in [-0.25, -0.2) is 14.2 Å². The summed E-state index contributed by atoms with van der Waals surface area (Å²) in [5.41, 5.74) is 0.838. The van der Waals surface area contributed by atoms with Crippen LogP contribution in [-0.4, -0.2) is 19.2 Å². The van der Waals surface area contributed by atoms with E-state index in [-0.39, 0.29) is 0 Å². The summed E-state index contributed by atoms with van der Waals surface area (Å²) < 4.78 is 11.9. The third-order valence-electron chi connectivity index (χ3n) is 1.78. The van der Waals surface area contributed by atoms with E-state index in [1.165, 1.54) is 12.4 Å². The molecule has 2 aromatic heterocycles. The highest BCUT2D eigenvalue weighted by atomic mass is 32.2. The van der Waals surface area contributed by atoms with E-state index in [0.717, 1.165) is 5.69 Å². The molecule has 15 heavy (non-hydrogen) atoms. The minimum atomic E-state index is -1.34. The Balaban J connectivity index is 2.37. The lowest BCUT2D eigenvalue weighted by Gasteiger charge is -2.00. The lowest BCUT2D eigenvalue weighted by molar-refractivity contribution is 0.676. The van der Waals surface area contributed by atoms with Crippen molar-refractivity contribution < 1.29 is 4.21 Å². The minimum Gasteiger partial charge on any atom is -0.260 e. The Labute approximate surface area is 89.9 Å². The third kappa shape index (κ3) is 2.24. The van der Waals surface area contributed by atoms with Gasteiger partial charge in [0.15, 0.2) is 5.03 Å². The lowest BCUT2D eigenvalue weighted by Crippen LogP contribution is -1.99. The molecule has 1 unspecified atom stereocenters. The van der Waals surface area contributed by atoms with Crippen LogP contribution in [0.4, 0.5) is 0 Å². The molecule has 2 aromatic rings. The summed E-state index contributed by atoms with van der Waals surface area (Å²) >= 11 is 0. The zero-order valence-corrected chi connectivity index (χ0v) is 8.94. The molecule has 76 valence electrons. The third-order valence-corrected chi connectivity index (χ3v) is 2.98. The first-order valence-corrected chi connectivity index (χ1v) is 5.54. The van der Waals surface area contributed by atoms with Crippen LogP contribution in [-0.2, 0) is 10.8 Å². The fourth-order valence-corrected chi connectivity index (χ4v) is 2.07. The van der Waals surface area contributed by atoms with Crippen molar-refractivity contribution in [2.75, 3.05) is 0 Å². The van der Waals surface area contributed by atoms with Crippen molar-refractivity contribution in [3.8, 4) is 0 Å². The van der Waals surface area contributed by atoms with Gasteiger partial charge in [-0.05, 0) is 19.1 Å². The molecule has 2 rings (SSSR count). The standard InChI is InChI=1S/C10H9N3OS/c1-8-3-2-4-9(13-8)15(14)10-7-11-5-6-12-10/h2-7H,1H3. The van der Waals surface area contributed by atoms with Gasteiger partial charge in [-0.3, -0.25) is 4.98 Å². The van der Waals surface area contributed by atoms with Crippen molar-refractivity contribution in [2.24, 2.45) is 0 Å². The fourth-order valence-electron chi connectivity index (χ4n) is 1.11. The van der Waals surface area contributed by atoms with Crippen molar-refractivity contribution in [1.29, 1.82) is 0 Å². The van der Waals surface area contributed by atoms with E-state index in [1.54, 1.807) is 12.3 Å². The van der Waals surface area contributed by atoms with Crippen LogP contribution >= 0.6 is 0 Å². The molecule has 0 N–H and O–H groups in total. The van der Waals surface area contributed by atoms with Crippen LogP contribution in [0.15, 0.2) is 46.8 Å². The van der Waals surface area contributed by atoms with Gasteiger partial charge in [0.05, 0.1) is 6.20 Å². The zero-order chi connectivity index (χ0) is 10.7. The number of hydrogen-bond acceptors (Lipinski definition) is 4. The van der Waals surface area contributed by atoms with E-state index >= 15 is 0 Å². The minimum absolute atomic E-state index is 0.426. The van der Waals surface area contributed by atoms with Gasteiger partial charge >= 0.3 is 0 Å². The molecule has 0 aromatic carbocycles. The first kappa shape index (κ1) is 9.92. The molecule has 0 saturated carbocycles. The fraction of sp³-hybridized carbons (Fsp3) is 0.100. The van der Waals surface area contributed by atoms with Gasteiger partial charge in [0.1, 0.15) is 15.8 Å². The van der Waals surface area contributed by atoms with E-state index in [0.29, 0.717) is 10.1 Å². The zero-order valence-electron chi connectivity index (χ0n) is 8.12. The molecule has 0 bridgehead atoms. The van der Waals surface area contributed by atoms with Crippen LogP contribution in [0.3, 0.4) is 0 Å². The average molecular weight is 219 g/mol. The number of aromatic nitrogens is 3. The topological polar surface area (TPSA) is 55.7 Å².